The molecule has 0 N–H and O–H groups in total. The minimum atomic E-state index is -4.08. The molecule has 0 bridgehead atoms. The Labute approximate surface area is 202 Å². The van der Waals surface area contributed by atoms with Gasteiger partial charge in [0.25, 0.3) is 20.0 Å². The summed E-state index contributed by atoms with van der Waals surface area (Å²) in [6.45, 7) is 7.06. The summed E-state index contributed by atoms with van der Waals surface area (Å²) in [7, 11) is -8.11. The average Bonchev–Trinajstić information content (AvgIpc) is 2.81. The van der Waals surface area contributed by atoms with E-state index >= 15 is 0 Å². The van der Waals surface area contributed by atoms with Gasteiger partial charge in [-0.25, -0.2) is 16.8 Å². The summed E-state index contributed by atoms with van der Waals surface area (Å²) >= 11 is 0. The van der Waals surface area contributed by atoms with Crippen LogP contribution in [0.4, 0.5) is 11.4 Å². The Hall–Kier alpha value is -3.54. The van der Waals surface area contributed by atoms with Crippen molar-refractivity contribution >= 4 is 31.4 Å². The van der Waals surface area contributed by atoms with Crippen LogP contribution in [0, 0.1) is 26.2 Å². The predicted octanol–water partition coefficient (Wildman–Crippen LogP) is 4.51. The number of para-hydroxylation sites is 2. The Morgan fingerprint density at radius 3 is 1.59 bits per heavy atom. The molecule has 8 heteroatoms. The highest BCUT2D eigenvalue weighted by Gasteiger charge is 2.31. The van der Waals surface area contributed by atoms with E-state index in [1.807, 2.05) is 13.8 Å². The van der Waals surface area contributed by atoms with Crippen LogP contribution < -0.4 is 8.61 Å². The highest BCUT2D eigenvalue weighted by Crippen LogP contribution is 2.36. The molecule has 0 aliphatic rings. The molecule has 0 heterocycles. The summed E-state index contributed by atoms with van der Waals surface area (Å²) < 4.78 is 56.5. The minimum absolute atomic E-state index is 0.0554. The zero-order valence-corrected chi connectivity index (χ0v) is 20.7. The maximum atomic E-state index is 13.6. The lowest BCUT2D eigenvalue weighted by Crippen LogP contribution is -2.36. The van der Waals surface area contributed by atoms with Crippen LogP contribution in [0.2, 0.25) is 0 Å². The molecule has 0 aliphatic heterocycles. The van der Waals surface area contributed by atoms with Gasteiger partial charge in [-0.05, 0) is 50.2 Å². The first-order valence-electron chi connectivity index (χ1n) is 10.4. The molecule has 3 rings (SSSR count). The monoisotopic (exact) mass is 494 g/mol. The van der Waals surface area contributed by atoms with Crippen LogP contribution in [0.1, 0.15) is 11.1 Å². The molecule has 0 fully saturated rings. The molecule has 176 valence electrons. The van der Waals surface area contributed by atoms with E-state index in [2.05, 4.69) is 12.5 Å². The maximum Gasteiger partial charge on any atom is 0.265 e. The third-order valence-corrected chi connectivity index (χ3v) is 8.73. The van der Waals surface area contributed by atoms with Crippen molar-refractivity contribution in [1.29, 1.82) is 0 Å². The number of hydrogen-bond donors (Lipinski definition) is 0. The van der Waals surface area contributed by atoms with E-state index in [9.17, 15) is 16.8 Å². The first-order valence-corrected chi connectivity index (χ1v) is 13.3. The Kier molecular flexibility index (Phi) is 7.50. The molecular weight excluding hydrogens is 468 g/mol. The highest BCUT2D eigenvalue weighted by molar-refractivity contribution is 7.93. The second kappa shape index (κ2) is 10.2. The molecule has 0 atom stereocenters. The van der Waals surface area contributed by atoms with Crippen molar-refractivity contribution in [1.82, 2.24) is 0 Å². The second-order valence-corrected chi connectivity index (χ2v) is 11.4. The third-order valence-electron chi connectivity index (χ3n) is 5.17. The van der Waals surface area contributed by atoms with E-state index in [1.54, 1.807) is 48.5 Å². The van der Waals surface area contributed by atoms with Gasteiger partial charge in [-0.2, -0.15) is 0 Å². The topological polar surface area (TPSA) is 74.8 Å². The zero-order chi connectivity index (χ0) is 24.9. The van der Waals surface area contributed by atoms with Gasteiger partial charge in [-0.15, -0.1) is 13.0 Å². The Balaban J connectivity index is 2.20. The molecule has 3 aromatic rings. The average molecular weight is 495 g/mol. The van der Waals surface area contributed by atoms with E-state index in [0.717, 1.165) is 19.7 Å². The van der Waals surface area contributed by atoms with Crippen LogP contribution in [0.15, 0.2) is 95.2 Å². The molecule has 0 amide bonds. The zero-order valence-electron chi connectivity index (χ0n) is 19.0. The van der Waals surface area contributed by atoms with E-state index < -0.39 is 20.0 Å². The van der Waals surface area contributed by atoms with Gasteiger partial charge >= 0.3 is 0 Å². The van der Waals surface area contributed by atoms with Crippen molar-refractivity contribution in [2.45, 2.75) is 23.6 Å². The lowest BCUT2D eigenvalue weighted by molar-refractivity contribution is 0.590. The van der Waals surface area contributed by atoms with Crippen molar-refractivity contribution in [3.63, 3.8) is 0 Å². The van der Waals surface area contributed by atoms with Gasteiger partial charge in [0.05, 0.1) is 34.3 Å². The van der Waals surface area contributed by atoms with Crippen molar-refractivity contribution in [3.05, 3.63) is 96.6 Å². The summed E-state index contributed by atoms with van der Waals surface area (Å²) in [6, 6.07) is 19.2. The molecule has 0 saturated heterocycles. The quantitative estimate of drug-likeness (QED) is 0.324. The highest BCUT2D eigenvalue weighted by atomic mass is 32.2. The number of rotatable bonds is 9. The molecule has 0 spiro atoms. The largest absolute Gasteiger partial charge is 0.265 e. The molecule has 0 aromatic heterocycles. The number of aryl methyl sites for hydroxylation is 2. The number of terminal acetylenes is 1. The van der Waals surface area contributed by atoms with Gasteiger partial charge in [0.2, 0.25) is 0 Å². The van der Waals surface area contributed by atoms with Crippen molar-refractivity contribution in [2.75, 3.05) is 21.7 Å². The number of benzene rings is 3. The van der Waals surface area contributed by atoms with E-state index in [-0.39, 0.29) is 34.3 Å². The lowest BCUT2D eigenvalue weighted by atomic mass is 10.2. The van der Waals surface area contributed by atoms with Crippen LogP contribution in [-0.2, 0) is 20.0 Å². The summed E-state index contributed by atoms with van der Waals surface area (Å²) in [5, 5.41) is 0. The minimum Gasteiger partial charge on any atom is -0.260 e. The molecule has 34 heavy (non-hydrogen) atoms. The Morgan fingerprint density at radius 2 is 1.18 bits per heavy atom. The van der Waals surface area contributed by atoms with E-state index in [1.165, 1.54) is 30.3 Å². The number of anilines is 2. The maximum absolute atomic E-state index is 13.6. The van der Waals surface area contributed by atoms with Crippen LogP contribution >= 0.6 is 0 Å². The van der Waals surface area contributed by atoms with Crippen LogP contribution in [0.25, 0.3) is 0 Å². The molecule has 0 unspecified atom stereocenters. The summed E-state index contributed by atoms with van der Waals surface area (Å²) in [6.07, 6.45) is 6.98. The first kappa shape index (κ1) is 25.1. The van der Waals surface area contributed by atoms with Crippen LogP contribution in [-0.4, -0.2) is 29.9 Å². The number of nitrogens with zero attached hydrogens (tertiary/aromatic N) is 2. The molecule has 3 aromatic carbocycles. The normalized spacial score (nSPS) is 11.4. The summed E-state index contributed by atoms with van der Waals surface area (Å²) in [4.78, 5) is 0.138. The van der Waals surface area contributed by atoms with E-state index in [4.69, 9.17) is 6.42 Å². The SMILES string of the molecule is C#CCN(c1ccccc1N(CC=C)S(=O)(=O)c1ccc(C)cc1)S(=O)(=O)c1ccc(C)cc1. The predicted molar refractivity (Wildman–Crippen MR) is 137 cm³/mol. The van der Waals surface area contributed by atoms with Crippen LogP contribution in [0.5, 0.6) is 0 Å². The van der Waals surface area contributed by atoms with Gasteiger partial charge < -0.3 is 0 Å². The van der Waals surface area contributed by atoms with Crippen molar-refractivity contribution < 1.29 is 16.8 Å². The van der Waals surface area contributed by atoms with Gasteiger partial charge in [-0.1, -0.05) is 59.5 Å². The standard InChI is InChI=1S/C26H26N2O4S2/c1-5-19-27(33(29,30)23-15-11-21(3)12-16-23)25-9-7-8-10-26(25)28(20-6-2)34(31,32)24-17-13-22(4)14-18-24/h1,6-18H,2,19-20H2,3-4H3. The molecule has 6 nitrogen and oxygen atoms in total. The fourth-order valence-corrected chi connectivity index (χ4v) is 6.23. The Bertz CT molecular complexity index is 1420. The molecular formula is C26H26N2O4S2. The van der Waals surface area contributed by atoms with Gasteiger partial charge in [0, 0.05) is 0 Å². The summed E-state index contributed by atoms with van der Waals surface area (Å²) in [5.41, 5.74) is 2.15. The summed E-state index contributed by atoms with van der Waals surface area (Å²) in [5.74, 6) is 2.39. The number of hydrogen-bond acceptors (Lipinski definition) is 4. The first-order chi connectivity index (χ1) is 16.1. The Morgan fingerprint density at radius 1 is 0.765 bits per heavy atom. The van der Waals surface area contributed by atoms with Gasteiger partial charge in [0.1, 0.15) is 0 Å². The van der Waals surface area contributed by atoms with Crippen molar-refractivity contribution in [3.8, 4) is 12.3 Å². The molecule has 0 aliphatic carbocycles. The van der Waals surface area contributed by atoms with Gasteiger partial charge in [-0.3, -0.25) is 8.61 Å². The smallest absolute Gasteiger partial charge is 0.260 e. The second-order valence-electron chi connectivity index (χ2n) is 7.66. The van der Waals surface area contributed by atoms with Crippen LogP contribution in [0.3, 0.4) is 0 Å². The third kappa shape index (κ3) is 5.01. The van der Waals surface area contributed by atoms with E-state index in [0.29, 0.717) is 0 Å². The number of sulfonamides is 2. The molecule has 0 radical (unpaired) electrons. The molecule has 0 saturated carbocycles. The van der Waals surface area contributed by atoms with Crippen molar-refractivity contribution in [2.24, 2.45) is 0 Å². The fourth-order valence-electron chi connectivity index (χ4n) is 3.39. The lowest BCUT2D eigenvalue weighted by Gasteiger charge is -2.30. The fraction of sp³-hybridized carbons (Fsp3) is 0.154. The van der Waals surface area contributed by atoms with Gasteiger partial charge in [0.15, 0.2) is 0 Å².